The van der Waals surface area contributed by atoms with Gasteiger partial charge < -0.3 is 4.98 Å². The van der Waals surface area contributed by atoms with E-state index in [9.17, 15) is 0 Å². The summed E-state index contributed by atoms with van der Waals surface area (Å²) in [5.41, 5.74) is 6.92. The molecule has 3 aromatic rings. The SMILES string of the molecule is CC(C)c1cccc2c(C3=CCCN(Cc4ccccc4)C3)c[nH]c12. The second kappa shape index (κ2) is 6.89. The van der Waals surface area contributed by atoms with Gasteiger partial charge in [0.05, 0.1) is 0 Å². The number of rotatable bonds is 4. The molecule has 0 aliphatic carbocycles. The molecule has 0 radical (unpaired) electrons. The molecule has 0 saturated heterocycles. The van der Waals surface area contributed by atoms with Gasteiger partial charge in [0.25, 0.3) is 0 Å². The summed E-state index contributed by atoms with van der Waals surface area (Å²) in [5, 5.41) is 1.36. The first kappa shape index (κ1) is 16.2. The van der Waals surface area contributed by atoms with Crippen molar-refractivity contribution in [3.8, 4) is 0 Å². The third-order valence-electron chi connectivity index (χ3n) is 5.19. The monoisotopic (exact) mass is 330 g/mol. The maximum Gasteiger partial charge on any atom is 0.0495 e. The molecule has 2 nitrogen and oxygen atoms in total. The van der Waals surface area contributed by atoms with Crippen LogP contribution in [-0.4, -0.2) is 23.0 Å². The number of benzene rings is 2. The van der Waals surface area contributed by atoms with Crippen molar-refractivity contribution in [2.24, 2.45) is 0 Å². The fourth-order valence-electron chi connectivity index (χ4n) is 3.90. The van der Waals surface area contributed by atoms with Crippen LogP contribution in [0.1, 0.15) is 42.9 Å². The highest BCUT2D eigenvalue weighted by Gasteiger charge is 2.18. The first-order valence-corrected chi connectivity index (χ1v) is 9.28. The summed E-state index contributed by atoms with van der Waals surface area (Å²) in [5.74, 6) is 0.533. The molecule has 2 heteroatoms. The summed E-state index contributed by atoms with van der Waals surface area (Å²) in [7, 11) is 0. The van der Waals surface area contributed by atoms with Crippen LogP contribution < -0.4 is 0 Å². The molecule has 0 saturated carbocycles. The van der Waals surface area contributed by atoms with Crippen LogP contribution in [0, 0.1) is 0 Å². The Kier molecular flexibility index (Phi) is 4.46. The number of nitrogens with zero attached hydrogens (tertiary/aromatic N) is 1. The molecule has 0 spiro atoms. The highest BCUT2D eigenvalue weighted by molar-refractivity contribution is 5.95. The number of H-pyrrole nitrogens is 1. The van der Waals surface area contributed by atoms with E-state index in [0.29, 0.717) is 5.92 Å². The largest absolute Gasteiger partial charge is 0.360 e. The minimum Gasteiger partial charge on any atom is -0.360 e. The zero-order valence-corrected chi connectivity index (χ0v) is 15.1. The van der Waals surface area contributed by atoms with Crippen molar-refractivity contribution in [3.63, 3.8) is 0 Å². The second-order valence-electron chi connectivity index (χ2n) is 7.34. The zero-order valence-electron chi connectivity index (χ0n) is 15.1. The summed E-state index contributed by atoms with van der Waals surface area (Å²) in [6.07, 6.45) is 5.75. The Bertz CT molecular complexity index is 887. The fourth-order valence-corrected chi connectivity index (χ4v) is 3.90. The van der Waals surface area contributed by atoms with E-state index < -0.39 is 0 Å². The molecule has 4 rings (SSSR count). The molecule has 0 bridgehead atoms. The molecular weight excluding hydrogens is 304 g/mol. The van der Waals surface area contributed by atoms with E-state index in [1.165, 1.54) is 33.2 Å². The average Bonchev–Trinajstić information content (AvgIpc) is 3.07. The molecule has 0 fully saturated rings. The molecule has 25 heavy (non-hydrogen) atoms. The Morgan fingerprint density at radius 2 is 1.88 bits per heavy atom. The van der Waals surface area contributed by atoms with Crippen LogP contribution in [0.3, 0.4) is 0 Å². The molecule has 0 amide bonds. The smallest absolute Gasteiger partial charge is 0.0495 e. The van der Waals surface area contributed by atoms with Gasteiger partial charge >= 0.3 is 0 Å². The van der Waals surface area contributed by atoms with Crippen LogP contribution in [0.15, 0.2) is 60.8 Å². The highest BCUT2D eigenvalue weighted by Crippen LogP contribution is 2.32. The molecule has 1 aromatic heterocycles. The molecule has 2 heterocycles. The average molecular weight is 330 g/mol. The van der Waals surface area contributed by atoms with E-state index in [4.69, 9.17) is 0 Å². The van der Waals surface area contributed by atoms with Crippen LogP contribution in [0.5, 0.6) is 0 Å². The minimum atomic E-state index is 0.533. The number of aromatic nitrogens is 1. The Morgan fingerprint density at radius 1 is 1.04 bits per heavy atom. The van der Waals surface area contributed by atoms with Crippen LogP contribution in [-0.2, 0) is 6.54 Å². The lowest BCUT2D eigenvalue weighted by molar-refractivity contribution is 0.296. The van der Waals surface area contributed by atoms with Gasteiger partial charge in [0, 0.05) is 42.3 Å². The second-order valence-corrected chi connectivity index (χ2v) is 7.34. The zero-order chi connectivity index (χ0) is 17.2. The van der Waals surface area contributed by atoms with Gasteiger partial charge in [-0.2, -0.15) is 0 Å². The first-order valence-electron chi connectivity index (χ1n) is 9.28. The van der Waals surface area contributed by atoms with Gasteiger partial charge in [-0.05, 0) is 29.0 Å². The molecular formula is C23H26N2. The lowest BCUT2D eigenvalue weighted by Crippen LogP contribution is -2.28. The topological polar surface area (TPSA) is 19.0 Å². The van der Waals surface area contributed by atoms with E-state index >= 15 is 0 Å². The molecule has 1 aliphatic heterocycles. The van der Waals surface area contributed by atoms with Crippen LogP contribution >= 0.6 is 0 Å². The maximum absolute atomic E-state index is 3.54. The quantitative estimate of drug-likeness (QED) is 0.661. The third-order valence-corrected chi connectivity index (χ3v) is 5.19. The van der Waals surface area contributed by atoms with Crippen molar-refractivity contribution in [3.05, 3.63) is 77.5 Å². The lowest BCUT2D eigenvalue weighted by Gasteiger charge is -2.27. The first-order chi connectivity index (χ1) is 12.2. The summed E-state index contributed by atoms with van der Waals surface area (Å²) in [4.78, 5) is 6.09. The van der Waals surface area contributed by atoms with Gasteiger partial charge in [-0.25, -0.2) is 0 Å². The summed E-state index contributed by atoms with van der Waals surface area (Å²) < 4.78 is 0. The number of hydrogen-bond acceptors (Lipinski definition) is 1. The Balaban J connectivity index is 1.61. The maximum atomic E-state index is 3.54. The van der Waals surface area contributed by atoms with Crippen molar-refractivity contribution in [2.75, 3.05) is 13.1 Å². The lowest BCUT2D eigenvalue weighted by atomic mass is 9.96. The van der Waals surface area contributed by atoms with E-state index in [-0.39, 0.29) is 0 Å². The molecule has 0 unspecified atom stereocenters. The van der Waals surface area contributed by atoms with E-state index in [0.717, 1.165) is 26.1 Å². The molecule has 2 aromatic carbocycles. The Labute approximate surface area is 150 Å². The fraction of sp³-hybridized carbons (Fsp3) is 0.304. The number of nitrogens with one attached hydrogen (secondary N) is 1. The molecule has 1 N–H and O–H groups in total. The van der Waals surface area contributed by atoms with Gasteiger partial charge in [0.1, 0.15) is 0 Å². The van der Waals surface area contributed by atoms with Crippen molar-refractivity contribution < 1.29 is 0 Å². The van der Waals surface area contributed by atoms with Gasteiger partial charge in [0.15, 0.2) is 0 Å². The summed E-state index contributed by atoms with van der Waals surface area (Å²) in [6, 6.07) is 17.5. The normalized spacial score (nSPS) is 15.7. The van der Waals surface area contributed by atoms with Gasteiger partial charge in [0.2, 0.25) is 0 Å². The highest BCUT2D eigenvalue weighted by atomic mass is 15.1. The third kappa shape index (κ3) is 3.27. The van der Waals surface area contributed by atoms with Gasteiger partial charge in [-0.3, -0.25) is 4.90 Å². The van der Waals surface area contributed by atoms with E-state index in [2.05, 4.69) is 84.5 Å². The Hall–Kier alpha value is -2.32. The van der Waals surface area contributed by atoms with Crippen molar-refractivity contribution in [1.29, 1.82) is 0 Å². The van der Waals surface area contributed by atoms with Gasteiger partial charge in [-0.15, -0.1) is 0 Å². The predicted octanol–water partition coefficient (Wildman–Crippen LogP) is 5.58. The van der Waals surface area contributed by atoms with Crippen LogP contribution in [0.2, 0.25) is 0 Å². The molecule has 128 valence electrons. The molecule has 1 aliphatic rings. The number of hydrogen-bond donors (Lipinski definition) is 1. The predicted molar refractivity (Wildman–Crippen MR) is 107 cm³/mol. The summed E-state index contributed by atoms with van der Waals surface area (Å²) >= 11 is 0. The molecule has 0 atom stereocenters. The summed E-state index contributed by atoms with van der Waals surface area (Å²) in [6.45, 7) is 7.71. The van der Waals surface area contributed by atoms with Crippen molar-refractivity contribution in [1.82, 2.24) is 9.88 Å². The van der Waals surface area contributed by atoms with E-state index in [1.807, 2.05) is 0 Å². The van der Waals surface area contributed by atoms with Crippen LogP contribution in [0.25, 0.3) is 16.5 Å². The minimum absolute atomic E-state index is 0.533. The van der Waals surface area contributed by atoms with Crippen molar-refractivity contribution in [2.45, 2.75) is 32.7 Å². The standard InChI is InChI=1S/C23H26N2/c1-17(2)20-11-6-12-21-22(14-24-23(20)21)19-10-7-13-25(16-19)15-18-8-4-3-5-9-18/h3-6,8-12,14,17,24H,7,13,15-16H2,1-2H3. The van der Waals surface area contributed by atoms with Crippen LogP contribution in [0.4, 0.5) is 0 Å². The number of para-hydroxylation sites is 1. The van der Waals surface area contributed by atoms with E-state index in [1.54, 1.807) is 0 Å². The number of aromatic amines is 1. The number of fused-ring (bicyclic) bond motifs is 1. The van der Waals surface area contributed by atoms with Gasteiger partial charge in [-0.1, -0.05) is 68.5 Å². The Morgan fingerprint density at radius 3 is 2.68 bits per heavy atom. The van der Waals surface area contributed by atoms with Crippen molar-refractivity contribution >= 4 is 16.5 Å².